The fraction of sp³-hybridized carbons (Fsp3) is 1.00. The Kier molecular flexibility index (Phi) is 12.2. The van der Waals surface area contributed by atoms with E-state index in [2.05, 4.69) is 26.5 Å². The van der Waals surface area contributed by atoms with Crippen LogP contribution in [0.5, 0.6) is 0 Å². The second-order valence-electron chi connectivity index (χ2n) is 4.73. The van der Waals surface area contributed by atoms with Crippen LogP contribution < -0.4 is 0 Å². The summed E-state index contributed by atoms with van der Waals surface area (Å²) in [7, 11) is 0. The third-order valence-corrected chi connectivity index (χ3v) is 3.89. The quantitative estimate of drug-likeness (QED) is 0.565. The minimum atomic E-state index is -0.673. The van der Waals surface area contributed by atoms with Crippen LogP contribution >= 0.6 is 12.6 Å². The van der Waals surface area contributed by atoms with E-state index in [9.17, 15) is 4.39 Å². The Balaban J connectivity index is 0. The van der Waals surface area contributed by atoms with Crippen molar-refractivity contribution in [3.05, 3.63) is 0 Å². The van der Waals surface area contributed by atoms with Crippen LogP contribution in [0, 0.1) is 11.3 Å². The molecule has 0 aromatic carbocycles. The summed E-state index contributed by atoms with van der Waals surface area (Å²) in [5.41, 5.74) is 0.127. The summed E-state index contributed by atoms with van der Waals surface area (Å²) >= 11 is 4.39. The Hall–Kier alpha value is 0.280. The Bertz CT molecular complexity index is 142. The molecule has 16 heavy (non-hydrogen) atoms. The zero-order chi connectivity index (χ0) is 13.2. The lowest BCUT2D eigenvalue weighted by Gasteiger charge is -2.33. The van der Waals surface area contributed by atoms with Gasteiger partial charge in [-0.25, -0.2) is 4.39 Å². The molecule has 0 aliphatic rings. The van der Waals surface area contributed by atoms with E-state index in [1.54, 1.807) is 0 Å². The summed E-state index contributed by atoms with van der Waals surface area (Å²) in [4.78, 5) is 0. The van der Waals surface area contributed by atoms with Crippen LogP contribution in [0.25, 0.3) is 0 Å². The van der Waals surface area contributed by atoms with Gasteiger partial charge in [0.15, 0.2) is 0 Å². The summed E-state index contributed by atoms with van der Waals surface area (Å²) in [6.07, 6.45) is 3.27. The third-order valence-electron chi connectivity index (χ3n) is 3.22. The van der Waals surface area contributed by atoms with Gasteiger partial charge in [0.25, 0.3) is 0 Å². The van der Waals surface area contributed by atoms with Crippen molar-refractivity contribution in [3.8, 4) is 0 Å². The van der Waals surface area contributed by atoms with Crippen LogP contribution in [0.2, 0.25) is 0 Å². The van der Waals surface area contributed by atoms with E-state index in [0.29, 0.717) is 6.42 Å². The average molecular weight is 250 g/mol. The highest BCUT2D eigenvalue weighted by Crippen LogP contribution is 2.37. The summed E-state index contributed by atoms with van der Waals surface area (Å²) in [5, 5.41) is 0. The molecule has 0 aliphatic heterocycles. The van der Waals surface area contributed by atoms with Gasteiger partial charge in [-0.05, 0) is 36.3 Å². The number of hydrogen-bond acceptors (Lipinski definition) is 1. The van der Waals surface area contributed by atoms with Gasteiger partial charge in [0.05, 0.1) is 0 Å². The first-order chi connectivity index (χ1) is 7.51. The predicted molar refractivity (Wildman–Crippen MR) is 77.2 cm³/mol. The maximum Gasteiger partial charge on any atom is 0.103 e. The number of hydrogen-bond donors (Lipinski definition) is 1. The van der Waals surface area contributed by atoms with Crippen molar-refractivity contribution in [3.63, 3.8) is 0 Å². The molecule has 0 amide bonds. The second kappa shape index (κ2) is 10.4. The van der Waals surface area contributed by atoms with Crippen LogP contribution in [-0.4, -0.2) is 11.9 Å². The molecule has 0 bridgehead atoms. The van der Waals surface area contributed by atoms with Crippen molar-refractivity contribution in [2.24, 2.45) is 11.3 Å². The molecule has 100 valence electrons. The first kappa shape index (κ1) is 18.6. The molecule has 0 aliphatic carbocycles. The van der Waals surface area contributed by atoms with Crippen LogP contribution in [0.4, 0.5) is 4.39 Å². The van der Waals surface area contributed by atoms with Crippen molar-refractivity contribution >= 4 is 12.6 Å². The fourth-order valence-corrected chi connectivity index (χ4v) is 2.37. The first-order valence-corrected chi connectivity index (χ1v) is 7.39. The zero-order valence-corrected chi connectivity index (χ0v) is 12.9. The van der Waals surface area contributed by atoms with Crippen molar-refractivity contribution in [2.45, 2.75) is 73.4 Å². The highest BCUT2D eigenvalue weighted by Gasteiger charge is 2.30. The summed E-state index contributed by atoms with van der Waals surface area (Å²) in [6, 6.07) is 0. The highest BCUT2D eigenvalue weighted by atomic mass is 32.1. The van der Waals surface area contributed by atoms with Gasteiger partial charge in [-0.1, -0.05) is 48.0 Å². The average Bonchev–Trinajstić information content (AvgIpc) is 2.30. The lowest BCUT2D eigenvalue weighted by Crippen LogP contribution is -2.28. The standard InChI is InChI=1S/C12H25FS.C2H6/c1-5-7-12(6-2,9-14)8-11(13)10(3)4;1-2/h10-11,14H,5-9H2,1-4H3;1-2H3. The molecule has 0 fully saturated rings. The molecule has 0 saturated carbocycles. The van der Waals surface area contributed by atoms with Crippen LogP contribution in [0.3, 0.4) is 0 Å². The largest absolute Gasteiger partial charge is 0.247 e. The zero-order valence-electron chi connectivity index (χ0n) is 12.0. The first-order valence-electron chi connectivity index (χ1n) is 6.76. The van der Waals surface area contributed by atoms with Crippen molar-refractivity contribution in [1.29, 1.82) is 0 Å². The van der Waals surface area contributed by atoms with Gasteiger partial charge in [0, 0.05) is 0 Å². The fourth-order valence-electron chi connectivity index (χ4n) is 1.86. The van der Waals surface area contributed by atoms with Gasteiger partial charge < -0.3 is 0 Å². The number of halogens is 1. The maximum absolute atomic E-state index is 13.7. The van der Waals surface area contributed by atoms with Crippen molar-refractivity contribution in [1.82, 2.24) is 0 Å². The smallest absolute Gasteiger partial charge is 0.103 e. The molecule has 0 saturated heterocycles. The molecule has 0 aromatic heterocycles. The number of rotatable bonds is 7. The van der Waals surface area contributed by atoms with Crippen molar-refractivity contribution in [2.75, 3.05) is 5.75 Å². The van der Waals surface area contributed by atoms with Gasteiger partial charge in [0.2, 0.25) is 0 Å². The molecular formula is C14H31FS. The van der Waals surface area contributed by atoms with Gasteiger partial charge >= 0.3 is 0 Å². The van der Waals surface area contributed by atoms with Crippen LogP contribution in [-0.2, 0) is 0 Å². The maximum atomic E-state index is 13.7. The Labute approximate surface area is 108 Å². The predicted octanol–water partition coefficient (Wildman–Crippen LogP) is 5.52. The number of thiol groups is 1. The summed E-state index contributed by atoms with van der Waals surface area (Å²) < 4.78 is 13.7. The molecule has 0 nitrogen and oxygen atoms in total. The van der Waals surface area contributed by atoms with Gasteiger partial charge in [-0.3, -0.25) is 0 Å². The molecule has 0 aromatic rings. The molecule has 0 spiro atoms. The molecule has 2 atom stereocenters. The molecule has 0 N–H and O–H groups in total. The normalized spacial score (nSPS) is 16.3. The summed E-state index contributed by atoms with van der Waals surface area (Å²) in [6.45, 7) is 12.2. The van der Waals surface area contributed by atoms with E-state index in [4.69, 9.17) is 0 Å². The van der Waals surface area contributed by atoms with E-state index >= 15 is 0 Å². The lowest BCUT2D eigenvalue weighted by molar-refractivity contribution is 0.142. The molecule has 2 heteroatoms. The van der Waals surface area contributed by atoms with E-state index in [1.807, 2.05) is 27.7 Å². The van der Waals surface area contributed by atoms with E-state index < -0.39 is 6.17 Å². The Morgan fingerprint density at radius 2 is 1.69 bits per heavy atom. The Morgan fingerprint density at radius 1 is 1.19 bits per heavy atom. The van der Waals surface area contributed by atoms with Crippen molar-refractivity contribution < 1.29 is 4.39 Å². The van der Waals surface area contributed by atoms with Crippen LogP contribution in [0.1, 0.15) is 67.2 Å². The molecule has 2 unspecified atom stereocenters. The lowest BCUT2D eigenvalue weighted by atomic mass is 9.76. The van der Waals surface area contributed by atoms with Gasteiger partial charge in [-0.2, -0.15) is 12.6 Å². The third kappa shape index (κ3) is 6.78. The minimum Gasteiger partial charge on any atom is -0.247 e. The van der Waals surface area contributed by atoms with E-state index in [-0.39, 0.29) is 11.3 Å². The van der Waals surface area contributed by atoms with E-state index in [0.717, 1.165) is 25.0 Å². The van der Waals surface area contributed by atoms with Gasteiger partial charge in [-0.15, -0.1) is 0 Å². The second-order valence-corrected chi connectivity index (χ2v) is 5.04. The topological polar surface area (TPSA) is 0 Å². The molecule has 0 rings (SSSR count). The monoisotopic (exact) mass is 250 g/mol. The Morgan fingerprint density at radius 3 is 1.94 bits per heavy atom. The molecular weight excluding hydrogens is 219 g/mol. The van der Waals surface area contributed by atoms with Gasteiger partial charge in [0.1, 0.15) is 6.17 Å². The molecule has 0 heterocycles. The van der Waals surface area contributed by atoms with E-state index in [1.165, 1.54) is 0 Å². The van der Waals surface area contributed by atoms with Crippen LogP contribution in [0.15, 0.2) is 0 Å². The minimum absolute atomic E-state index is 0.127. The number of alkyl halides is 1. The SMILES string of the molecule is CC.CCCC(CC)(CS)CC(F)C(C)C. The molecule has 0 radical (unpaired) electrons. The highest BCUT2D eigenvalue weighted by molar-refractivity contribution is 7.80. The summed E-state index contributed by atoms with van der Waals surface area (Å²) in [5.74, 6) is 0.947.